The van der Waals surface area contributed by atoms with Gasteiger partial charge in [-0.25, -0.2) is 0 Å². The van der Waals surface area contributed by atoms with Crippen LogP contribution >= 0.6 is 0 Å². The molecule has 0 saturated heterocycles. The van der Waals surface area contributed by atoms with Crippen LogP contribution < -0.4 is 5.32 Å². The van der Waals surface area contributed by atoms with E-state index >= 15 is 0 Å². The predicted octanol–water partition coefficient (Wildman–Crippen LogP) is 0.590. The van der Waals surface area contributed by atoms with Gasteiger partial charge in [0.05, 0.1) is 6.54 Å². The number of nitrogens with one attached hydrogen (secondary N) is 1. The summed E-state index contributed by atoms with van der Waals surface area (Å²) in [6.45, 7) is 7.15. The van der Waals surface area contributed by atoms with Crippen LogP contribution in [-0.4, -0.2) is 31.6 Å². The minimum absolute atomic E-state index is 0.112. The second kappa shape index (κ2) is 6.31. The Morgan fingerprint density at radius 2 is 2.18 bits per heavy atom. The van der Waals surface area contributed by atoms with Crippen LogP contribution in [0.15, 0.2) is 0 Å². The van der Waals surface area contributed by atoms with Crippen molar-refractivity contribution < 1.29 is 9.53 Å². The van der Waals surface area contributed by atoms with Gasteiger partial charge < -0.3 is 10.1 Å². The predicted molar refractivity (Wildman–Crippen MR) is 44.6 cm³/mol. The number of ether oxygens (including phenoxy) is 1. The number of Topliss-reactive ketones (excluding diaryl/α,β-unsaturated/α-hetero) is 1. The first-order valence-electron chi connectivity index (χ1n) is 3.99. The molecule has 0 aliphatic carbocycles. The number of ketones is 1. The molecule has 3 nitrogen and oxygen atoms in total. The zero-order chi connectivity index (χ0) is 8.69. The van der Waals surface area contributed by atoms with Crippen LogP contribution in [0.3, 0.4) is 0 Å². The first-order chi connectivity index (χ1) is 5.16. The van der Waals surface area contributed by atoms with Gasteiger partial charge in [-0.05, 0) is 6.92 Å². The molecule has 0 radical (unpaired) electrons. The van der Waals surface area contributed by atoms with E-state index in [2.05, 4.69) is 5.32 Å². The lowest BCUT2D eigenvalue weighted by molar-refractivity contribution is -0.122. The second-order valence-corrected chi connectivity index (χ2v) is 2.71. The van der Waals surface area contributed by atoms with E-state index < -0.39 is 0 Å². The molecule has 0 aromatic carbocycles. The molecule has 0 unspecified atom stereocenters. The lowest BCUT2D eigenvalue weighted by Gasteiger charge is -2.06. The average Bonchev–Trinajstić information content (AvgIpc) is 1.97. The van der Waals surface area contributed by atoms with Gasteiger partial charge >= 0.3 is 0 Å². The molecule has 0 aromatic rings. The average molecular weight is 159 g/mol. The summed E-state index contributed by atoms with van der Waals surface area (Å²) in [6.07, 6.45) is 0. The molecule has 0 amide bonds. The molecule has 0 aliphatic rings. The molecule has 0 atom stereocenters. The van der Waals surface area contributed by atoms with E-state index in [1.807, 2.05) is 20.8 Å². The summed E-state index contributed by atoms with van der Waals surface area (Å²) < 4.78 is 4.94. The Kier molecular flexibility index (Phi) is 6.07. The summed E-state index contributed by atoms with van der Waals surface area (Å²) in [6, 6.07) is 0.362. The third-order valence-corrected chi connectivity index (χ3v) is 1.17. The third kappa shape index (κ3) is 7.49. The zero-order valence-corrected chi connectivity index (χ0v) is 7.52. The molecule has 0 saturated carbocycles. The van der Waals surface area contributed by atoms with Crippen molar-refractivity contribution >= 4 is 5.78 Å². The zero-order valence-electron chi connectivity index (χ0n) is 7.52. The SMILES string of the molecule is CCOCC(=O)CNC(C)C. The quantitative estimate of drug-likeness (QED) is 0.616. The van der Waals surface area contributed by atoms with Crippen molar-refractivity contribution in [1.29, 1.82) is 0 Å². The summed E-state index contributed by atoms with van der Waals surface area (Å²) in [5.41, 5.74) is 0. The summed E-state index contributed by atoms with van der Waals surface area (Å²) in [7, 11) is 0. The van der Waals surface area contributed by atoms with Crippen LogP contribution in [0.2, 0.25) is 0 Å². The monoisotopic (exact) mass is 159 g/mol. The van der Waals surface area contributed by atoms with Crippen molar-refractivity contribution in [3.63, 3.8) is 0 Å². The second-order valence-electron chi connectivity index (χ2n) is 2.71. The highest BCUT2D eigenvalue weighted by molar-refractivity contribution is 5.81. The highest BCUT2D eigenvalue weighted by atomic mass is 16.5. The third-order valence-electron chi connectivity index (χ3n) is 1.17. The maximum atomic E-state index is 10.9. The molecule has 3 heteroatoms. The topological polar surface area (TPSA) is 38.3 Å². The van der Waals surface area contributed by atoms with E-state index in [4.69, 9.17) is 4.74 Å². The number of hydrogen-bond acceptors (Lipinski definition) is 3. The first kappa shape index (κ1) is 10.6. The molecule has 66 valence electrons. The van der Waals surface area contributed by atoms with E-state index in [0.717, 1.165) is 0 Å². The van der Waals surface area contributed by atoms with E-state index in [1.165, 1.54) is 0 Å². The number of rotatable bonds is 6. The lowest BCUT2D eigenvalue weighted by Crippen LogP contribution is -2.31. The Morgan fingerprint density at radius 1 is 1.55 bits per heavy atom. The van der Waals surface area contributed by atoms with Crippen molar-refractivity contribution in [2.75, 3.05) is 19.8 Å². The van der Waals surface area contributed by atoms with Gasteiger partial charge in [-0.1, -0.05) is 13.8 Å². The minimum atomic E-state index is 0.112. The summed E-state index contributed by atoms with van der Waals surface area (Å²) >= 11 is 0. The molecule has 0 heterocycles. The van der Waals surface area contributed by atoms with E-state index in [0.29, 0.717) is 19.2 Å². The van der Waals surface area contributed by atoms with Crippen LogP contribution in [-0.2, 0) is 9.53 Å². The maximum Gasteiger partial charge on any atom is 0.172 e. The molecular weight excluding hydrogens is 142 g/mol. The van der Waals surface area contributed by atoms with Gasteiger partial charge in [0.2, 0.25) is 0 Å². The van der Waals surface area contributed by atoms with Gasteiger partial charge in [-0.3, -0.25) is 4.79 Å². The van der Waals surface area contributed by atoms with Gasteiger partial charge in [0.25, 0.3) is 0 Å². The minimum Gasteiger partial charge on any atom is -0.374 e. The van der Waals surface area contributed by atoms with Gasteiger partial charge in [-0.15, -0.1) is 0 Å². The van der Waals surface area contributed by atoms with Crippen molar-refractivity contribution in [2.45, 2.75) is 26.8 Å². The molecule has 1 N–H and O–H groups in total. The number of carbonyl (C=O) groups excluding carboxylic acids is 1. The Morgan fingerprint density at radius 3 is 2.64 bits per heavy atom. The highest BCUT2D eigenvalue weighted by Gasteiger charge is 2.00. The molecule has 0 fully saturated rings. The fourth-order valence-electron chi connectivity index (χ4n) is 0.585. The largest absolute Gasteiger partial charge is 0.374 e. The van der Waals surface area contributed by atoms with E-state index in [-0.39, 0.29) is 12.4 Å². The molecule has 0 spiro atoms. The normalized spacial score (nSPS) is 10.5. The van der Waals surface area contributed by atoms with Gasteiger partial charge in [0, 0.05) is 12.6 Å². The fraction of sp³-hybridized carbons (Fsp3) is 0.875. The highest BCUT2D eigenvalue weighted by Crippen LogP contribution is 1.79. The van der Waals surface area contributed by atoms with Crippen molar-refractivity contribution in [2.24, 2.45) is 0 Å². The van der Waals surface area contributed by atoms with Crippen molar-refractivity contribution in [3.05, 3.63) is 0 Å². The molecule has 0 aromatic heterocycles. The summed E-state index contributed by atoms with van der Waals surface area (Å²) in [5, 5.41) is 3.02. The first-order valence-corrected chi connectivity index (χ1v) is 3.99. The Balaban J connectivity index is 3.23. The molecular formula is C8H17NO2. The van der Waals surface area contributed by atoms with E-state index in [9.17, 15) is 4.79 Å². The fourth-order valence-corrected chi connectivity index (χ4v) is 0.585. The molecule has 0 bridgehead atoms. The standard InChI is InChI=1S/C8H17NO2/c1-4-11-6-8(10)5-9-7(2)3/h7,9H,4-6H2,1-3H3. The summed E-state index contributed by atoms with van der Waals surface area (Å²) in [5.74, 6) is 0.112. The van der Waals surface area contributed by atoms with Gasteiger partial charge in [0.1, 0.15) is 6.61 Å². The Hall–Kier alpha value is -0.410. The molecule has 0 aliphatic heterocycles. The number of hydrogen-bond donors (Lipinski definition) is 1. The molecule has 11 heavy (non-hydrogen) atoms. The van der Waals surface area contributed by atoms with Gasteiger partial charge in [0.15, 0.2) is 5.78 Å². The van der Waals surface area contributed by atoms with Crippen molar-refractivity contribution in [1.82, 2.24) is 5.32 Å². The smallest absolute Gasteiger partial charge is 0.172 e. The van der Waals surface area contributed by atoms with Gasteiger partial charge in [-0.2, -0.15) is 0 Å². The van der Waals surface area contributed by atoms with Crippen LogP contribution in [0, 0.1) is 0 Å². The van der Waals surface area contributed by atoms with Crippen LogP contribution in [0.5, 0.6) is 0 Å². The van der Waals surface area contributed by atoms with Crippen LogP contribution in [0.25, 0.3) is 0 Å². The molecule has 0 rings (SSSR count). The number of carbonyl (C=O) groups is 1. The Bertz CT molecular complexity index is 113. The maximum absolute atomic E-state index is 10.9. The van der Waals surface area contributed by atoms with Crippen LogP contribution in [0.4, 0.5) is 0 Å². The van der Waals surface area contributed by atoms with Crippen molar-refractivity contribution in [3.8, 4) is 0 Å². The summed E-state index contributed by atoms with van der Waals surface area (Å²) in [4.78, 5) is 10.9. The van der Waals surface area contributed by atoms with Crippen LogP contribution in [0.1, 0.15) is 20.8 Å². The Labute approximate surface area is 68.1 Å². The lowest BCUT2D eigenvalue weighted by atomic mass is 10.3. The van der Waals surface area contributed by atoms with E-state index in [1.54, 1.807) is 0 Å².